The molecule has 0 atom stereocenters. The van der Waals surface area contributed by atoms with Gasteiger partial charge in [-0.1, -0.05) is 74.2 Å². The Morgan fingerprint density at radius 3 is 1.53 bits per heavy atom. The van der Waals surface area contributed by atoms with Gasteiger partial charge in [0.15, 0.2) is 0 Å². The van der Waals surface area contributed by atoms with Crippen molar-refractivity contribution in [3.05, 3.63) is 35.4 Å². The average Bonchev–Trinajstić information content (AvgIpc) is 2.08. The largest absolute Gasteiger partial charge is 0.0776 e. The van der Waals surface area contributed by atoms with Gasteiger partial charge in [0, 0.05) is 0 Å². The Morgan fingerprint density at radius 2 is 1.27 bits per heavy atom. The van der Waals surface area contributed by atoms with E-state index in [1.54, 1.807) is 0 Å². The summed E-state index contributed by atoms with van der Waals surface area (Å²) in [5.74, 6) is 0.654. The highest BCUT2D eigenvalue weighted by Crippen LogP contribution is 2.17. The molecule has 0 radical (unpaired) electrons. The maximum Gasteiger partial charge on any atom is -0.0216 e. The summed E-state index contributed by atoms with van der Waals surface area (Å²) in [6.45, 7) is 10.6. The molecule has 15 heavy (non-hydrogen) atoms. The average molecular weight is 212 g/mol. The Labute approximate surface area is 98.7 Å². The lowest BCUT2D eigenvalue weighted by Crippen LogP contribution is -1.89. The highest BCUT2D eigenvalue weighted by atomic mass is 14.0. The van der Waals surface area contributed by atoms with Gasteiger partial charge in [-0.05, 0) is 24.0 Å². The normalized spacial score (nSPS) is 7.33. The van der Waals surface area contributed by atoms with E-state index in [0.717, 1.165) is 0 Å². The molecule has 0 amide bonds. The number of benzene rings is 1. The first-order valence-corrected chi connectivity index (χ1v) is 4.77. The molecule has 1 aromatic rings. The van der Waals surface area contributed by atoms with Crippen LogP contribution in [0.25, 0.3) is 0 Å². The van der Waals surface area contributed by atoms with Gasteiger partial charge in [-0.2, -0.15) is 0 Å². The molecule has 1 rings (SSSR count). The predicted octanol–water partition coefficient (Wildman–Crippen LogP) is 6.05. The third-order valence-corrected chi connectivity index (χ3v) is 1.81. The SMILES string of the molecule is C.C.C.CC.Cc1ccccc1C(C)C. The van der Waals surface area contributed by atoms with Crippen LogP contribution in [-0.2, 0) is 0 Å². The van der Waals surface area contributed by atoms with Crippen molar-refractivity contribution in [3.63, 3.8) is 0 Å². The van der Waals surface area contributed by atoms with Crippen molar-refractivity contribution < 1.29 is 0 Å². The third-order valence-electron chi connectivity index (χ3n) is 1.81. The summed E-state index contributed by atoms with van der Waals surface area (Å²) >= 11 is 0. The summed E-state index contributed by atoms with van der Waals surface area (Å²) in [4.78, 5) is 0. The van der Waals surface area contributed by atoms with Crippen molar-refractivity contribution in [1.82, 2.24) is 0 Å². The molecule has 0 N–H and O–H groups in total. The van der Waals surface area contributed by atoms with Gasteiger partial charge >= 0.3 is 0 Å². The van der Waals surface area contributed by atoms with Gasteiger partial charge in [0.1, 0.15) is 0 Å². The predicted molar refractivity (Wildman–Crippen MR) is 76.8 cm³/mol. The van der Waals surface area contributed by atoms with Crippen molar-refractivity contribution in [1.29, 1.82) is 0 Å². The van der Waals surface area contributed by atoms with Crippen LogP contribution in [0.2, 0.25) is 0 Å². The summed E-state index contributed by atoms with van der Waals surface area (Å²) in [5, 5.41) is 0. The smallest absolute Gasteiger partial charge is 0.0216 e. The van der Waals surface area contributed by atoms with Crippen molar-refractivity contribution in [2.75, 3.05) is 0 Å². The zero-order chi connectivity index (χ0) is 9.56. The summed E-state index contributed by atoms with van der Waals surface area (Å²) in [6.07, 6.45) is 0. The molecule has 92 valence electrons. The fraction of sp³-hybridized carbons (Fsp3) is 0.600. The summed E-state index contributed by atoms with van der Waals surface area (Å²) in [6, 6.07) is 8.54. The number of hydrogen-bond acceptors (Lipinski definition) is 0. The van der Waals surface area contributed by atoms with E-state index in [-0.39, 0.29) is 22.3 Å². The van der Waals surface area contributed by atoms with Crippen LogP contribution in [0.15, 0.2) is 24.3 Å². The summed E-state index contributed by atoms with van der Waals surface area (Å²) in [5.41, 5.74) is 2.86. The molecule has 0 aliphatic rings. The lowest BCUT2D eigenvalue weighted by Gasteiger charge is -2.07. The molecule has 0 unspecified atom stereocenters. The van der Waals surface area contributed by atoms with Gasteiger partial charge in [-0.3, -0.25) is 0 Å². The van der Waals surface area contributed by atoms with Crippen molar-refractivity contribution in [2.24, 2.45) is 0 Å². The first-order chi connectivity index (χ1) is 5.72. The molecule has 1 aromatic carbocycles. The van der Waals surface area contributed by atoms with E-state index in [1.165, 1.54) is 11.1 Å². The van der Waals surface area contributed by atoms with Crippen LogP contribution in [0.1, 0.15) is 67.0 Å². The second kappa shape index (κ2) is 13.2. The molecule has 0 saturated heterocycles. The van der Waals surface area contributed by atoms with Crippen LogP contribution in [0, 0.1) is 6.92 Å². The van der Waals surface area contributed by atoms with Gasteiger partial charge in [-0.25, -0.2) is 0 Å². The molecule has 0 bridgehead atoms. The van der Waals surface area contributed by atoms with E-state index in [9.17, 15) is 0 Å². The highest BCUT2D eigenvalue weighted by molar-refractivity contribution is 5.27. The van der Waals surface area contributed by atoms with E-state index in [2.05, 4.69) is 45.0 Å². The minimum Gasteiger partial charge on any atom is -0.0776 e. The number of hydrogen-bond donors (Lipinski definition) is 0. The van der Waals surface area contributed by atoms with Gasteiger partial charge < -0.3 is 0 Å². The van der Waals surface area contributed by atoms with Crippen LogP contribution in [0.5, 0.6) is 0 Å². The van der Waals surface area contributed by atoms with E-state index >= 15 is 0 Å². The van der Waals surface area contributed by atoms with Crippen LogP contribution in [-0.4, -0.2) is 0 Å². The number of rotatable bonds is 1. The minimum absolute atomic E-state index is 0. The Bertz CT molecular complexity index is 211. The standard InChI is InChI=1S/C10H14.C2H6.3CH4/c1-8(2)10-7-5-4-6-9(10)3;1-2;;;/h4-8H,1-3H3;1-2H3;3*1H4. The molecule has 0 heterocycles. The zero-order valence-electron chi connectivity index (χ0n) is 8.89. The maximum absolute atomic E-state index is 2.22. The second-order valence-corrected chi connectivity index (χ2v) is 3.01. The van der Waals surface area contributed by atoms with E-state index in [0.29, 0.717) is 5.92 Å². The zero-order valence-corrected chi connectivity index (χ0v) is 8.89. The molecular weight excluding hydrogens is 180 g/mol. The summed E-state index contributed by atoms with van der Waals surface area (Å²) < 4.78 is 0. The molecule has 0 fully saturated rings. The summed E-state index contributed by atoms with van der Waals surface area (Å²) in [7, 11) is 0. The van der Waals surface area contributed by atoms with Crippen LogP contribution in [0.4, 0.5) is 0 Å². The van der Waals surface area contributed by atoms with Gasteiger partial charge in [0.2, 0.25) is 0 Å². The quantitative estimate of drug-likeness (QED) is 0.531. The van der Waals surface area contributed by atoms with Crippen LogP contribution < -0.4 is 0 Å². The fourth-order valence-corrected chi connectivity index (χ4v) is 1.23. The lowest BCUT2D eigenvalue weighted by atomic mass is 9.99. The lowest BCUT2D eigenvalue weighted by molar-refractivity contribution is 0.856. The molecule has 0 aliphatic carbocycles. The number of aryl methyl sites for hydroxylation is 1. The van der Waals surface area contributed by atoms with E-state index < -0.39 is 0 Å². The monoisotopic (exact) mass is 212 g/mol. The fourth-order valence-electron chi connectivity index (χ4n) is 1.23. The van der Waals surface area contributed by atoms with Gasteiger partial charge in [0.05, 0.1) is 0 Å². The van der Waals surface area contributed by atoms with Crippen molar-refractivity contribution in [2.45, 2.75) is 62.8 Å². The Morgan fingerprint density at radius 1 is 0.867 bits per heavy atom. The molecule has 0 nitrogen and oxygen atoms in total. The molecule has 0 aliphatic heterocycles. The van der Waals surface area contributed by atoms with Gasteiger partial charge in [-0.15, -0.1) is 0 Å². The first kappa shape index (κ1) is 23.8. The second-order valence-electron chi connectivity index (χ2n) is 3.01. The molecular formula is C15H32. The minimum atomic E-state index is 0. The Kier molecular flexibility index (Phi) is 21.0. The highest BCUT2D eigenvalue weighted by Gasteiger charge is 1.99. The Balaban J connectivity index is -0.000000114. The van der Waals surface area contributed by atoms with E-state index in [1.807, 2.05) is 13.8 Å². The first-order valence-electron chi connectivity index (χ1n) is 4.77. The molecule has 0 aromatic heterocycles. The van der Waals surface area contributed by atoms with Crippen molar-refractivity contribution in [3.8, 4) is 0 Å². The molecule has 0 heteroatoms. The third kappa shape index (κ3) is 8.23. The maximum atomic E-state index is 2.22. The van der Waals surface area contributed by atoms with E-state index in [4.69, 9.17) is 0 Å². The van der Waals surface area contributed by atoms with Crippen LogP contribution in [0.3, 0.4) is 0 Å². The van der Waals surface area contributed by atoms with Crippen LogP contribution >= 0.6 is 0 Å². The van der Waals surface area contributed by atoms with Gasteiger partial charge in [0.25, 0.3) is 0 Å². The molecule has 0 saturated carbocycles. The van der Waals surface area contributed by atoms with Crippen molar-refractivity contribution >= 4 is 0 Å². The topological polar surface area (TPSA) is 0 Å². The Hall–Kier alpha value is -0.780. The molecule has 0 spiro atoms.